The van der Waals surface area contributed by atoms with Gasteiger partial charge in [0.15, 0.2) is 5.69 Å². The van der Waals surface area contributed by atoms with Crippen molar-refractivity contribution >= 4 is 11.6 Å². The molecule has 0 aliphatic heterocycles. The maximum absolute atomic E-state index is 12.8. The minimum atomic E-state index is -0.124. The van der Waals surface area contributed by atoms with Gasteiger partial charge in [0.2, 0.25) is 0 Å². The molecular formula is C21H21N3O. The van der Waals surface area contributed by atoms with Gasteiger partial charge in [-0.2, -0.15) is 5.10 Å². The van der Waals surface area contributed by atoms with E-state index in [0.29, 0.717) is 5.69 Å². The second-order valence-corrected chi connectivity index (χ2v) is 6.38. The number of carbonyl (C=O) groups is 1. The molecule has 0 spiro atoms. The van der Waals surface area contributed by atoms with Crippen molar-refractivity contribution < 1.29 is 4.79 Å². The molecule has 0 unspecified atom stereocenters. The van der Waals surface area contributed by atoms with Gasteiger partial charge in [-0.05, 0) is 55.5 Å². The molecule has 126 valence electrons. The van der Waals surface area contributed by atoms with Crippen LogP contribution in [0.5, 0.6) is 0 Å². The van der Waals surface area contributed by atoms with E-state index in [1.807, 2.05) is 53.2 Å². The molecule has 1 aromatic heterocycles. The summed E-state index contributed by atoms with van der Waals surface area (Å²) in [6.45, 7) is 2.11. The van der Waals surface area contributed by atoms with E-state index in [9.17, 15) is 4.79 Å². The predicted octanol–water partition coefficient (Wildman–Crippen LogP) is 4.18. The number of amides is 1. The maximum Gasteiger partial charge on any atom is 0.276 e. The van der Waals surface area contributed by atoms with Crippen LogP contribution in [0.15, 0.2) is 54.6 Å². The molecule has 1 aliphatic rings. The van der Waals surface area contributed by atoms with Crippen LogP contribution < -0.4 is 5.32 Å². The number of fused-ring (bicyclic) bond motifs is 1. The fourth-order valence-corrected chi connectivity index (χ4v) is 3.46. The van der Waals surface area contributed by atoms with Crippen molar-refractivity contribution in [3.63, 3.8) is 0 Å². The first-order chi connectivity index (χ1) is 12.3. The molecule has 0 radical (unpaired) electrons. The highest BCUT2D eigenvalue weighted by Gasteiger charge is 2.26. The Hall–Kier alpha value is -2.88. The fourth-order valence-electron chi connectivity index (χ4n) is 3.46. The van der Waals surface area contributed by atoms with Gasteiger partial charge in [0, 0.05) is 16.9 Å². The highest BCUT2D eigenvalue weighted by atomic mass is 16.2. The first kappa shape index (κ1) is 15.6. The molecule has 4 rings (SSSR count). The lowest BCUT2D eigenvalue weighted by atomic mass is 10.1. The predicted molar refractivity (Wildman–Crippen MR) is 99.4 cm³/mol. The zero-order valence-corrected chi connectivity index (χ0v) is 14.3. The van der Waals surface area contributed by atoms with Crippen LogP contribution >= 0.6 is 0 Å². The number of benzene rings is 2. The second-order valence-electron chi connectivity index (χ2n) is 6.38. The SMILES string of the molecule is CCc1cccc(NC(=O)c2nn(-c3ccccc3)c3c2CCC3)c1. The van der Waals surface area contributed by atoms with Gasteiger partial charge in [-0.15, -0.1) is 0 Å². The Labute approximate surface area is 147 Å². The lowest BCUT2D eigenvalue weighted by Gasteiger charge is -2.06. The summed E-state index contributed by atoms with van der Waals surface area (Å²) in [4.78, 5) is 12.8. The molecule has 25 heavy (non-hydrogen) atoms. The second kappa shape index (κ2) is 6.55. The van der Waals surface area contributed by atoms with Gasteiger partial charge in [0.05, 0.1) is 5.69 Å². The Morgan fingerprint density at radius 2 is 1.96 bits per heavy atom. The van der Waals surface area contributed by atoms with E-state index in [1.54, 1.807) is 0 Å². The Morgan fingerprint density at radius 3 is 2.76 bits per heavy atom. The van der Waals surface area contributed by atoms with Crippen molar-refractivity contribution in [3.8, 4) is 5.69 Å². The van der Waals surface area contributed by atoms with Crippen molar-refractivity contribution in [2.45, 2.75) is 32.6 Å². The van der Waals surface area contributed by atoms with Gasteiger partial charge in [0.25, 0.3) is 5.91 Å². The largest absolute Gasteiger partial charge is 0.321 e. The summed E-state index contributed by atoms with van der Waals surface area (Å²) in [6, 6.07) is 18.0. The molecule has 0 saturated carbocycles. The van der Waals surface area contributed by atoms with Gasteiger partial charge < -0.3 is 5.32 Å². The van der Waals surface area contributed by atoms with E-state index in [4.69, 9.17) is 0 Å². The number of anilines is 1. The summed E-state index contributed by atoms with van der Waals surface area (Å²) >= 11 is 0. The topological polar surface area (TPSA) is 46.9 Å². The average molecular weight is 331 g/mol. The standard InChI is InChI=1S/C21H21N3O/c1-2-15-8-6-9-16(14-15)22-21(25)20-18-12-7-13-19(18)24(23-20)17-10-4-3-5-11-17/h3-6,8-11,14H,2,7,12-13H2,1H3,(H,22,25). The fraction of sp³-hybridized carbons (Fsp3) is 0.238. The molecule has 1 N–H and O–H groups in total. The van der Waals surface area contributed by atoms with Crippen molar-refractivity contribution in [1.82, 2.24) is 9.78 Å². The minimum Gasteiger partial charge on any atom is -0.321 e. The third-order valence-corrected chi connectivity index (χ3v) is 4.74. The molecule has 1 heterocycles. The van der Waals surface area contributed by atoms with Crippen LogP contribution in [0.3, 0.4) is 0 Å². The third-order valence-electron chi connectivity index (χ3n) is 4.74. The number of carbonyl (C=O) groups excluding carboxylic acids is 1. The lowest BCUT2D eigenvalue weighted by molar-refractivity contribution is 0.102. The normalized spacial score (nSPS) is 12.8. The van der Waals surface area contributed by atoms with Crippen molar-refractivity contribution in [3.05, 3.63) is 77.1 Å². The molecule has 4 nitrogen and oxygen atoms in total. The van der Waals surface area contributed by atoms with Crippen LogP contribution in [0.4, 0.5) is 5.69 Å². The number of aryl methyl sites for hydroxylation is 1. The Bertz CT molecular complexity index is 912. The summed E-state index contributed by atoms with van der Waals surface area (Å²) in [5.41, 5.74) is 5.85. The van der Waals surface area contributed by atoms with Crippen molar-refractivity contribution in [2.24, 2.45) is 0 Å². The number of aromatic nitrogens is 2. The molecule has 0 bridgehead atoms. The van der Waals surface area contributed by atoms with Crippen LogP contribution in [0.2, 0.25) is 0 Å². The number of hydrogen-bond acceptors (Lipinski definition) is 2. The van der Waals surface area contributed by atoms with Crippen LogP contribution in [0.25, 0.3) is 5.69 Å². The zero-order chi connectivity index (χ0) is 17.2. The van der Waals surface area contributed by atoms with Crippen LogP contribution in [-0.4, -0.2) is 15.7 Å². The summed E-state index contributed by atoms with van der Waals surface area (Å²) < 4.78 is 1.93. The number of hydrogen-bond donors (Lipinski definition) is 1. The van der Waals surface area contributed by atoms with Crippen LogP contribution in [0.1, 0.15) is 40.7 Å². The third kappa shape index (κ3) is 2.95. The summed E-state index contributed by atoms with van der Waals surface area (Å²) in [5.74, 6) is -0.124. The number of nitrogens with zero attached hydrogens (tertiary/aromatic N) is 2. The highest BCUT2D eigenvalue weighted by molar-refractivity contribution is 6.04. The summed E-state index contributed by atoms with van der Waals surface area (Å²) in [6.07, 6.45) is 3.91. The molecule has 2 aromatic carbocycles. The molecule has 0 atom stereocenters. The Morgan fingerprint density at radius 1 is 1.12 bits per heavy atom. The summed E-state index contributed by atoms with van der Waals surface area (Å²) in [7, 11) is 0. The molecule has 1 amide bonds. The van der Waals surface area contributed by atoms with Crippen LogP contribution in [-0.2, 0) is 19.3 Å². The van der Waals surface area contributed by atoms with Gasteiger partial charge >= 0.3 is 0 Å². The quantitative estimate of drug-likeness (QED) is 0.780. The molecule has 3 aromatic rings. The first-order valence-electron chi connectivity index (χ1n) is 8.82. The zero-order valence-electron chi connectivity index (χ0n) is 14.3. The van der Waals surface area contributed by atoms with Gasteiger partial charge in [-0.1, -0.05) is 37.3 Å². The molecule has 0 saturated heterocycles. The Kier molecular flexibility index (Phi) is 4.10. The van der Waals surface area contributed by atoms with Crippen molar-refractivity contribution in [1.29, 1.82) is 0 Å². The first-order valence-corrected chi connectivity index (χ1v) is 8.82. The van der Waals surface area contributed by atoms with Crippen molar-refractivity contribution in [2.75, 3.05) is 5.32 Å². The lowest BCUT2D eigenvalue weighted by Crippen LogP contribution is -2.15. The van der Waals surface area contributed by atoms with E-state index in [2.05, 4.69) is 23.4 Å². The monoisotopic (exact) mass is 331 g/mol. The van der Waals surface area contributed by atoms with Gasteiger partial charge in [0.1, 0.15) is 0 Å². The smallest absolute Gasteiger partial charge is 0.276 e. The number of nitrogens with one attached hydrogen (secondary N) is 1. The molecule has 0 fully saturated rings. The number of para-hydroxylation sites is 1. The number of rotatable bonds is 4. The molecule has 4 heteroatoms. The average Bonchev–Trinajstić information content (AvgIpc) is 3.25. The van der Waals surface area contributed by atoms with Gasteiger partial charge in [-0.25, -0.2) is 4.68 Å². The van der Waals surface area contributed by atoms with E-state index in [0.717, 1.165) is 42.6 Å². The maximum atomic E-state index is 12.8. The highest BCUT2D eigenvalue weighted by Crippen LogP contribution is 2.28. The molecule has 1 aliphatic carbocycles. The van der Waals surface area contributed by atoms with E-state index in [1.165, 1.54) is 11.3 Å². The van der Waals surface area contributed by atoms with E-state index < -0.39 is 0 Å². The summed E-state index contributed by atoms with van der Waals surface area (Å²) in [5, 5.41) is 7.66. The van der Waals surface area contributed by atoms with Gasteiger partial charge in [-0.3, -0.25) is 4.79 Å². The molecular weight excluding hydrogens is 310 g/mol. The van der Waals surface area contributed by atoms with Crippen LogP contribution in [0, 0.1) is 0 Å². The van der Waals surface area contributed by atoms with E-state index in [-0.39, 0.29) is 5.91 Å². The van der Waals surface area contributed by atoms with E-state index >= 15 is 0 Å². The Balaban J connectivity index is 1.67. The minimum absolute atomic E-state index is 0.124.